The van der Waals surface area contributed by atoms with Gasteiger partial charge in [0.1, 0.15) is 11.4 Å². The molecule has 26 heavy (non-hydrogen) atoms. The van der Waals surface area contributed by atoms with Crippen LogP contribution in [0.5, 0.6) is 0 Å². The SMILES string of the molecule is O=C(N/N=C/c1ccc(N2CCCC2)c(F)c1)c1cc2ccccc2o1. The summed E-state index contributed by atoms with van der Waals surface area (Å²) in [5.74, 6) is -0.551. The van der Waals surface area contributed by atoms with Gasteiger partial charge in [0, 0.05) is 18.5 Å². The van der Waals surface area contributed by atoms with Crippen molar-refractivity contribution in [2.75, 3.05) is 18.0 Å². The van der Waals surface area contributed by atoms with Gasteiger partial charge >= 0.3 is 5.91 Å². The first-order valence-corrected chi connectivity index (χ1v) is 8.57. The van der Waals surface area contributed by atoms with E-state index in [1.54, 1.807) is 24.3 Å². The van der Waals surface area contributed by atoms with Gasteiger partial charge in [-0.15, -0.1) is 0 Å². The van der Waals surface area contributed by atoms with Gasteiger partial charge in [0.15, 0.2) is 5.76 Å². The van der Waals surface area contributed by atoms with Crippen LogP contribution in [0.15, 0.2) is 58.0 Å². The maximum atomic E-state index is 14.3. The minimum atomic E-state index is -0.452. The minimum Gasteiger partial charge on any atom is -0.451 e. The molecule has 0 saturated carbocycles. The summed E-state index contributed by atoms with van der Waals surface area (Å²) in [6.45, 7) is 1.77. The highest BCUT2D eigenvalue weighted by molar-refractivity contribution is 5.96. The molecule has 0 radical (unpaired) electrons. The Labute approximate surface area is 150 Å². The molecule has 1 fully saturated rings. The Morgan fingerprint density at radius 2 is 1.96 bits per heavy atom. The van der Waals surface area contributed by atoms with E-state index >= 15 is 0 Å². The minimum absolute atomic E-state index is 0.180. The van der Waals surface area contributed by atoms with Gasteiger partial charge in [-0.3, -0.25) is 4.79 Å². The van der Waals surface area contributed by atoms with Crippen LogP contribution in [0, 0.1) is 5.82 Å². The van der Waals surface area contributed by atoms with Gasteiger partial charge in [-0.05, 0) is 42.7 Å². The van der Waals surface area contributed by atoms with Crippen molar-refractivity contribution in [2.24, 2.45) is 5.10 Å². The zero-order valence-electron chi connectivity index (χ0n) is 14.1. The molecule has 5 nitrogen and oxygen atoms in total. The number of carbonyl (C=O) groups is 1. The first-order chi connectivity index (χ1) is 12.7. The fourth-order valence-electron chi connectivity index (χ4n) is 3.13. The van der Waals surface area contributed by atoms with Crippen molar-refractivity contribution < 1.29 is 13.6 Å². The number of fused-ring (bicyclic) bond motifs is 1. The summed E-state index contributed by atoms with van der Waals surface area (Å²) in [5, 5.41) is 4.74. The lowest BCUT2D eigenvalue weighted by Crippen LogP contribution is -2.19. The van der Waals surface area contributed by atoms with Crippen LogP contribution in [-0.4, -0.2) is 25.2 Å². The highest BCUT2D eigenvalue weighted by Crippen LogP contribution is 2.24. The van der Waals surface area contributed by atoms with Crippen molar-refractivity contribution in [3.8, 4) is 0 Å². The van der Waals surface area contributed by atoms with E-state index in [4.69, 9.17) is 4.42 Å². The van der Waals surface area contributed by atoms with Gasteiger partial charge in [0.05, 0.1) is 11.9 Å². The van der Waals surface area contributed by atoms with Crippen molar-refractivity contribution >= 4 is 28.8 Å². The van der Waals surface area contributed by atoms with Crippen molar-refractivity contribution in [2.45, 2.75) is 12.8 Å². The fourth-order valence-corrected chi connectivity index (χ4v) is 3.13. The monoisotopic (exact) mass is 351 g/mol. The Balaban J connectivity index is 1.42. The molecule has 0 unspecified atom stereocenters. The molecule has 3 aromatic rings. The Morgan fingerprint density at radius 1 is 1.15 bits per heavy atom. The number of nitrogens with one attached hydrogen (secondary N) is 1. The highest BCUT2D eigenvalue weighted by Gasteiger charge is 2.16. The third-order valence-corrected chi connectivity index (χ3v) is 4.45. The predicted octanol–water partition coefficient (Wildman–Crippen LogP) is 3.94. The number of benzene rings is 2. The van der Waals surface area contributed by atoms with E-state index in [1.807, 2.05) is 23.1 Å². The lowest BCUT2D eigenvalue weighted by atomic mass is 10.2. The maximum Gasteiger partial charge on any atom is 0.307 e. The number of para-hydroxylation sites is 1. The molecule has 1 N–H and O–H groups in total. The topological polar surface area (TPSA) is 57.8 Å². The van der Waals surface area contributed by atoms with Crippen LogP contribution in [0.4, 0.5) is 10.1 Å². The second-order valence-corrected chi connectivity index (χ2v) is 6.25. The largest absolute Gasteiger partial charge is 0.451 e. The Bertz CT molecular complexity index is 941. The number of anilines is 1. The summed E-state index contributed by atoms with van der Waals surface area (Å²) in [6, 6.07) is 14.0. The van der Waals surface area contributed by atoms with Gasteiger partial charge in [0.25, 0.3) is 0 Å². The Morgan fingerprint density at radius 3 is 2.73 bits per heavy atom. The Kier molecular flexibility index (Phi) is 4.39. The van der Waals surface area contributed by atoms with Crippen LogP contribution in [0.25, 0.3) is 11.0 Å². The molecule has 0 atom stereocenters. The highest BCUT2D eigenvalue weighted by atomic mass is 19.1. The standard InChI is InChI=1S/C20H18FN3O2/c21-16-11-14(7-8-17(16)24-9-3-4-10-24)13-22-23-20(25)19-12-15-5-1-2-6-18(15)26-19/h1-2,5-8,11-13H,3-4,9-10H2,(H,23,25)/b22-13+. The number of nitrogens with zero attached hydrogens (tertiary/aromatic N) is 2. The third kappa shape index (κ3) is 3.31. The maximum absolute atomic E-state index is 14.3. The third-order valence-electron chi connectivity index (χ3n) is 4.45. The van der Waals surface area contributed by atoms with Crippen molar-refractivity contribution in [1.82, 2.24) is 5.43 Å². The van der Waals surface area contributed by atoms with E-state index in [9.17, 15) is 9.18 Å². The van der Waals surface area contributed by atoms with Crippen LogP contribution < -0.4 is 10.3 Å². The molecule has 6 heteroatoms. The number of hydrogen-bond acceptors (Lipinski definition) is 4. The molecule has 1 aromatic heterocycles. The summed E-state index contributed by atoms with van der Waals surface area (Å²) < 4.78 is 19.7. The van der Waals surface area contributed by atoms with Crippen LogP contribution in [0.1, 0.15) is 29.0 Å². The van der Waals surface area contributed by atoms with Crippen molar-refractivity contribution in [1.29, 1.82) is 0 Å². The van der Waals surface area contributed by atoms with Gasteiger partial charge in [-0.1, -0.05) is 24.3 Å². The predicted molar refractivity (Wildman–Crippen MR) is 99.1 cm³/mol. The number of hydrazone groups is 1. The molecule has 2 aromatic carbocycles. The Hall–Kier alpha value is -3.15. The molecule has 1 aliphatic heterocycles. The average Bonchev–Trinajstić information content (AvgIpc) is 3.31. The molecule has 132 valence electrons. The van der Waals surface area contributed by atoms with Crippen molar-refractivity contribution in [3.05, 3.63) is 65.7 Å². The molecular formula is C20H18FN3O2. The molecule has 4 rings (SSSR count). The average molecular weight is 351 g/mol. The molecule has 2 heterocycles. The molecule has 1 amide bonds. The number of rotatable bonds is 4. The summed E-state index contributed by atoms with van der Waals surface area (Å²) in [7, 11) is 0. The molecular weight excluding hydrogens is 333 g/mol. The normalized spacial score (nSPS) is 14.4. The van der Waals surface area contributed by atoms with E-state index in [1.165, 1.54) is 12.3 Å². The quantitative estimate of drug-likeness (QED) is 0.572. The van der Waals surface area contributed by atoms with E-state index in [2.05, 4.69) is 10.5 Å². The lowest BCUT2D eigenvalue weighted by Gasteiger charge is -2.18. The lowest BCUT2D eigenvalue weighted by molar-refractivity contribution is 0.0929. The summed E-state index contributed by atoms with van der Waals surface area (Å²) in [6.07, 6.45) is 3.60. The first-order valence-electron chi connectivity index (χ1n) is 8.57. The van der Waals surface area contributed by atoms with Gasteiger partial charge in [-0.2, -0.15) is 5.10 Å². The first kappa shape index (κ1) is 16.3. The number of hydrogen-bond donors (Lipinski definition) is 1. The van der Waals surface area contributed by atoms with Crippen molar-refractivity contribution in [3.63, 3.8) is 0 Å². The molecule has 1 aliphatic rings. The zero-order valence-corrected chi connectivity index (χ0v) is 14.1. The van der Waals surface area contributed by atoms with Gasteiger partial charge < -0.3 is 9.32 Å². The molecule has 0 spiro atoms. The van der Waals surface area contributed by atoms with Crippen LogP contribution in [-0.2, 0) is 0 Å². The second kappa shape index (κ2) is 7.00. The van der Waals surface area contributed by atoms with E-state index in [0.29, 0.717) is 16.8 Å². The van der Waals surface area contributed by atoms with Gasteiger partial charge in [0.2, 0.25) is 0 Å². The number of carbonyl (C=O) groups excluding carboxylic acids is 1. The van der Waals surface area contributed by atoms with E-state index < -0.39 is 5.91 Å². The second-order valence-electron chi connectivity index (χ2n) is 6.25. The van der Waals surface area contributed by atoms with Crippen LogP contribution >= 0.6 is 0 Å². The van der Waals surface area contributed by atoms with Crippen LogP contribution in [0.2, 0.25) is 0 Å². The summed E-state index contributed by atoms with van der Waals surface area (Å²) in [4.78, 5) is 14.1. The summed E-state index contributed by atoms with van der Waals surface area (Å²) >= 11 is 0. The van der Waals surface area contributed by atoms with Gasteiger partial charge in [-0.25, -0.2) is 9.82 Å². The van der Waals surface area contributed by atoms with E-state index in [0.717, 1.165) is 31.3 Å². The fraction of sp³-hybridized carbons (Fsp3) is 0.200. The molecule has 0 aliphatic carbocycles. The number of halogens is 1. The van der Waals surface area contributed by atoms with Crippen LogP contribution in [0.3, 0.4) is 0 Å². The molecule has 1 saturated heterocycles. The summed E-state index contributed by atoms with van der Waals surface area (Å²) in [5.41, 5.74) is 4.24. The number of furan rings is 1. The molecule has 0 bridgehead atoms. The smallest absolute Gasteiger partial charge is 0.307 e. The zero-order chi connectivity index (χ0) is 17.9. The van der Waals surface area contributed by atoms with E-state index in [-0.39, 0.29) is 11.6 Å². The number of amides is 1.